The number of carbonyl (C=O) groups excluding carboxylic acids is 1. The Kier molecular flexibility index (Phi) is 7.96. The number of hydrogen-bond acceptors (Lipinski definition) is 2. The van der Waals surface area contributed by atoms with Crippen molar-refractivity contribution in [3.63, 3.8) is 0 Å². The van der Waals surface area contributed by atoms with Crippen molar-refractivity contribution in [3.8, 4) is 0 Å². The average Bonchev–Trinajstić information content (AvgIpc) is 3.10. The highest BCUT2D eigenvalue weighted by Gasteiger charge is 2.59. The van der Waals surface area contributed by atoms with E-state index >= 15 is 0 Å². The van der Waals surface area contributed by atoms with Gasteiger partial charge < -0.3 is 4.74 Å². The van der Waals surface area contributed by atoms with E-state index in [0.29, 0.717) is 23.2 Å². The first-order chi connectivity index (χ1) is 16.0. The van der Waals surface area contributed by atoms with Crippen LogP contribution in [0.2, 0.25) is 0 Å². The number of rotatable bonds is 8. The Morgan fingerprint density at radius 2 is 1.74 bits per heavy atom. The highest BCUT2D eigenvalue weighted by Crippen LogP contribution is 2.67. The molecule has 4 rings (SSSR count). The first-order valence-corrected chi connectivity index (χ1v) is 14.9. The fourth-order valence-electron chi connectivity index (χ4n) is 9.32. The van der Waals surface area contributed by atoms with Crippen molar-refractivity contribution in [2.45, 2.75) is 132 Å². The van der Waals surface area contributed by atoms with E-state index in [2.05, 4.69) is 54.5 Å². The summed E-state index contributed by atoms with van der Waals surface area (Å²) in [5.74, 6) is 5.67. The van der Waals surface area contributed by atoms with Crippen molar-refractivity contribution in [1.29, 1.82) is 0 Å². The molecule has 0 bridgehead atoms. The Bertz CT molecular complexity index is 750. The number of ether oxygens (including phenoxy) is 1. The second-order valence-electron chi connectivity index (χ2n) is 14.2. The van der Waals surface area contributed by atoms with Gasteiger partial charge >= 0.3 is 5.97 Å². The molecule has 0 aromatic heterocycles. The second-order valence-corrected chi connectivity index (χ2v) is 14.2. The molecule has 194 valence electrons. The molecule has 2 heteroatoms. The minimum atomic E-state index is 0.00540. The largest absolute Gasteiger partial charge is 0.462 e. The van der Waals surface area contributed by atoms with Gasteiger partial charge in [-0.25, -0.2) is 0 Å². The van der Waals surface area contributed by atoms with E-state index in [0.717, 1.165) is 48.3 Å². The summed E-state index contributed by atoms with van der Waals surface area (Å²) in [6.45, 7) is 16.8. The van der Waals surface area contributed by atoms with Crippen LogP contribution in [0.15, 0.2) is 11.6 Å². The topological polar surface area (TPSA) is 26.3 Å². The van der Waals surface area contributed by atoms with Crippen LogP contribution in [0, 0.1) is 52.3 Å². The molecule has 4 aliphatic rings. The molecule has 0 aromatic rings. The molecule has 3 fully saturated rings. The van der Waals surface area contributed by atoms with Crippen molar-refractivity contribution in [2.24, 2.45) is 52.3 Å². The molecule has 0 saturated heterocycles. The number of fused-ring (bicyclic) bond motifs is 5. The molecule has 0 amide bonds. The molecule has 0 spiro atoms. The monoisotopic (exact) mass is 470 g/mol. The third kappa shape index (κ3) is 5.04. The molecule has 0 aromatic carbocycles. The molecule has 0 radical (unpaired) electrons. The first-order valence-electron chi connectivity index (χ1n) is 14.9. The van der Waals surface area contributed by atoms with E-state index in [1.165, 1.54) is 57.8 Å². The summed E-state index contributed by atoms with van der Waals surface area (Å²) in [6.07, 6.45) is 17.8. The Balaban J connectivity index is 1.42. The molecule has 0 heterocycles. The van der Waals surface area contributed by atoms with Crippen LogP contribution < -0.4 is 0 Å². The van der Waals surface area contributed by atoms with E-state index in [1.807, 2.05) is 0 Å². The van der Waals surface area contributed by atoms with Crippen LogP contribution in [0.1, 0.15) is 126 Å². The zero-order chi connectivity index (χ0) is 24.7. The second kappa shape index (κ2) is 10.3. The van der Waals surface area contributed by atoms with Crippen LogP contribution in [0.25, 0.3) is 0 Å². The van der Waals surface area contributed by atoms with Crippen LogP contribution in [0.4, 0.5) is 0 Å². The average molecular weight is 471 g/mol. The lowest BCUT2D eigenvalue weighted by molar-refractivity contribution is -0.152. The summed E-state index contributed by atoms with van der Waals surface area (Å²) in [7, 11) is 0. The molecule has 2 nitrogen and oxygen atoms in total. The lowest BCUT2D eigenvalue weighted by atomic mass is 9.47. The SMILES string of the molecule is CC(C)CCC[C@@H](C)[C@@H]1CC[C@@H]2[C@H]3CC=C4C[C@@H](OC(=O)CC(C)C)CC[C@]4(C)[C@@H]3CC[C@@]21C. The molecular formula is C32H54O2. The van der Waals surface area contributed by atoms with Crippen molar-refractivity contribution >= 4 is 5.97 Å². The van der Waals surface area contributed by atoms with Gasteiger partial charge in [0.25, 0.3) is 0 Å². The van der Waals surface area contributed by atoms with Crippen molar-refractivity contribution in [3.05, 3.63) is 11.6 Å². The quantitative estimate of drug-likeness (QED) is 0.261. The summed E-state index contributed by atoms with van der Waals surface area (Å²) < 4.78 is 5.93. The van der Waals surface area contributed by atoms with Gasteiger partial charge in [-0.3, -0.25) is 4.79 Å². The van der Waals surface area contributed by atoms with E-state index in [-0.39, 0.29) is 12.1 Å². The molecule has 0 unspecified atom stereocenters. The highest BCUT2D eigenvalue weighted by molar-refractivity contribution is 5.69. The standard InChI is InChI=1S/C32H54O2/c1-21(2)9-8-10-23(5)27-13-14-28-26-12-11-24-20-25(34-30(33)19-22(3)4)15-17-31(24,6)29(26)16-18-32(27,28)7/h11,21-23,25-29H,8-10,12-20H2,1-7H3/t23-,25+,26-,27+,28-,29-,31+,32-/m1/s1. The van der Waals surface area contributed by atoms with E-state index in [9.17, 15) is 4.79 Å². The first kappa shape index (κ1) is 26.3. The molecule has 0 aliphatic heterocycles. The summed E-state index contributed by atoms with van der Waals surface area (Å²) in [5.41, 5.74) is 2.53. The number of carbonyl (C=O) groups is 1. The van der Waals surface area contributed by atoms with Crippen LogP contribution in [-0.2, 0) is 9.53 Å². The predicted molar refractivity (Wildman–Crippen MR) is 142 cm³/mol. The maximum atomic E-state index is 12.3. The molecule has 4 aliphatic carbocycles. The van der Waals surface area contributed by atoms with Crippen molar-refractivity contribution in [1.82, 2.24) is 0 Å². The highest BCUT2D eigenvalue weighted by atomic mass is 16.5. The van der Waals surface area contributed by atoms with Gasteiger partial charge in [-0.15, -0.1) is 0 Å². The Morgan fingerprint density at radius 3 is 2.44 bits per heavy atom. The molecule has 8 atom stereocenters. The third-order valence-corrected chi connectivity index (χ3v) is 11.1. The normalized spacial score (nSPS) is 40.4. The van der Waals surface area contributed by atoms with Crippen molar-refractivity contribution in [2.75, 3.05) is 0 Å². The molecule has 3 saturated carbocycles. The lowest BCUT2D eigenvalue weighted by Gasteiger charge is -2.58. The minimum Gasteiger partial charge on any atom is -0.462 e. The summed E-state index contributed by atoms with van der Waals surface area (Å²) in [6, 6.07) is 0. The lowest BCUT2D eigenvalue weighted by Crippen LogP contribution is -2.51. The van der Waals surface area contributed by atoms with E-state index < -0.39 is 0 Å². The van der Waals surface area contributed by atoms with Gasteiger partial charge in [-0.05, 0) is 97.2 Å². The molecule has 0 N–H and O–H groups in total. The van der Waals surface area contributed by atoms with E-state index in [4.69, 9.17) is 4.74 Å². The van der Waals surface area contributed by atoms with Gasteiger partial charge in [-0.1, -0.05) is 79.4 Å². The van der Waals surface area contributed by atoms with Gasteiger partial charge in [-0.2, -0.15) is 0 Å². The van der Waals surface area contributed by atoms with Gasteiger partial charge in [0.1, 0.15) is 6.10 Å². The number of allylic oxidation sites excluding steroid dienone is 1. The molecular weight excluding hydrogens is 416 g/mol. The minimum absolute atomic E-state index is 0.00540. The summed E-state index contributed by atoms with van der Waals surface area (Å²) in [5, 5.41) is 0. The van der Waals surface area contributed by atoms with Gasteiger partial charge in [0.2, 0.25) is 0 Å². The fraction of sp³-hybridized carbons (Fsp3) is 0.906. The zero-order valence-corrected chi connectivity index (χ0v) is 23.5. The number of esters is 1. The number of hydrogen-bond donors (Lipinski definition) is 0. The van der Waals surface area contributed by atoms with E-state index in [1.54, 1.807) is 5.57 Å². The van der Waals surface area contributed by atoms with Gasteiger partial charge in [0.15, 0.2) is 0 Å². The Labute approximate surface area is 211 Å². The summed E-state index contributed by atoms with van der Waals surface area (Å²) in [4.78, 5) is 12.3. The third-order valence-electron chi connectivity index (χ3n) is 11.1. The van der Waals surface area contributed by atoms with Gasteiger partial charge in [0.05, 0.1) is 0 Å². The maximum absolute atomic E-state index is 12.3. The van der Waals surface area contributed by atoms with Crippen molar-refractivity contribution < 1.29 is 9.53 Å². The zero-order valence-electron chi connectivity index (χ0n) is 23.5. The maximum Gasteiger partial charge on any atom is 0.306 e. The van der Waals surface area contributed by atoms with Crippen LogP contribution >= 0.6 is 0 Å². The summed E-state index contributed by atoms with van der Waals surface area (Å²) >= 11 is 0. The fourth-order valence-corrected chi connectivity index (χ4v) is 9.32. The van der Waals surface area contributed by atoms with Gasteiger partial charge in [0, 0.05) is 12.8 Å². The smallest absolute Gasteiger partial charge is 0.306 e. The molecule has 34 heavy (non-hydrogen) atoms. The Morgan fingerprint density at radius 1 is 0.971 bits per heavy atom. The Hall–Kier alpha value is -0.790. The van der Waals surface area contributed by atoms with Crippen LogP contribution in [-0.4, -0.2) is 12.1 Å². The van der Waals surface area contributed by atoms with Crippen LogP contribution in [0.5, 0.6) is 0 Å². The van der Waals surface area contributed by atoms with Crippen LogP contribution in [0.3, 0.4) is 0 Å². The predicted octanol–water partition coefficient (Wildman–Crippen LogP) is 8.99.